The van der Waals surface area contributed by atoms with Crippen molar-refractivity contribution in [2.24, 2.45) is 4.99 Å². The number of fused-ring (bicyclic) bond motifs is 1. The smallest absolute Gasteiger partial charge is 0.410 e. The molecule has 0 spiro atoms. The lowest BCUT2D eigenvalue weighted by molar-refractivity contribution is 0.0972. The Labute approximate surface area is 197 Å². The van der Waals surface area contributed by atoms with E-state index in [1.807, 2.05) is 36.5 Å². The van der Waals surface area contributed by atoms with Gasteiger partial charge < -0.3 is 15.0 Å². The molecule has 0 saturated heterocycles. The van der Waals surface area contributed by atoms with Crippen molar-refractivity contribution in [3.05, 3.63) is 82.0 Å². The van der Waals surface area contributed by atoms with Crippen LogP contribution in [-0.2, 0) is 24.1 Å². The first-order valence-corrected chi connectivity index (χ1v) is 11.7. The van der Waals surface area contributed by atoms with Crippen molar-refractivity contribution in [3.63, 3.8) is 0 Å². The van der Waals surface area contributed by atoms with Crippen LogP contribution in [0.2, 0.25) is 0 Å². The molecule has 2 aromatic heterocycles. The summed E-state index contributed by atoms with van der Waals surface area (Å²) < 4.78 is 5.50. The molecule has 3 aromatic rings. The summed E-state index contributed by atoms with van der Waals surface area (Å²) in [6, 6.07) is 13.0. The summed E-state index contributed by atoms with van der Waals surface area (Å²) in [5.41, 5.74) is 3.78. The number of benzene rings is 1. The van der Waals surface area contributed by atoms with Gasteiger partial charge in [-0.05, 0) is 48.6 Å². The van der Waals surface area contributed by atoms with Crippen LogP contribution in [0.5, 0.6) is 0 Å². The average molecular weight is 463 g/mol. The zero-order valence-electron chi connectivity index (χ0n) is 18.5. The molecular weight excluding hydrogens is 436 g/mol. The summed E-state index contributed by atoms with van der Waals surface area (Å²) in [7, 11) is 1.71. The number of pyridine rings is 1. The zero-order valence-corrected chi connectivity index (χ0v) is 19.3. The number of amides is 2. The Morgan fingerprint density at radius 1 is 1.24 bits per heavy atom. The highest BCUT2D eigenvalue weighted by Gasteiger charge is 2.27. The number of aliphatic imine (C=N–C) groups is 1. The molecule has 8 heteroatoms. The lowest BCUT2D eigenvalue weighted by atomic mass is 10.0. The summed E-state index contributed by atoms with van der Waals surface area (Å²) in [4.78, 5) is 36.3. The van der Waals surface area contributed by atoms with Crippen molar-refractivity contribution in [1.82, 2.24) is 9.88 Å². The molecule has 7 nitrogen and oxygen atoms in total. The maximum absolute atomic E-state index is 12.7. The Balaban J connectivity index is 1.38. The molecule has 3 heterocycles. The number of rotatable bonds is 7. The maximum atomic E-state index is 12.7. The molecule has 1 N–H and O–H groups in total. The molecule has 4 rings (SSSR count). The molecule has 2 amide bonds. The van der Waals surface area contributed by atoms with Gasteiger partial charge in [-0.1, -0.05) is 24.3 Å². The second-order valence-electron chi connectivity index (χ2n) is 7.70. The molecule has 1 aromatic carbocycles. The molecule has 0 aliphatic carbocycles. The summed E-state index contributed by atoms with van der Waals surface area (Å²) in [6.45, 7) is 1.41. The number of hydrogen-bond donors (Lipinski definition) is 1. The van der Waals surface area contributed by atoms with Crippen LogP contribution in [0.3, 0.4) is 0 Å². The quantitative estimate of drug-likeness (QED) is 0.412. The summed E-state index contributed by atoms with van der Waals surface area (Å²) in [5, 5.41) is 3.77. The maximum Gasteiger partial charge on any atom is 0.410 e. The standard InChI is InChI=1S/C25H26N4O3S/c1-26-16-21-20-11-13-29(25(31)32-14-6-8-18-7-5-12-27-15-18)17-22(20)33-24(21)28-23(30)19-9-3-2-4-10-19/h2-5,7,9-10,12,15-16H,6,8,11,13-14,17H2,1H3,(H,28,30). The van der Waals surface area contributed by atoms with E-state index in [-0.39, 0.29) is 12.0 Å². The predicted molar refractivity (Wildman–Crippen MR) is 130 cm³/mol. The largest absolute Gasteiger partial charge is 0.449 e. The number of anilines is 1. The second kappa shape index (κ2) is 10.9. The van der Waals surface area contributed by atoms with Crippen molar-refractivity contribution in [1.29, 1.82) is 0 Å². The van der Waals surface area contributed by atoms with Gasteiger partial charge in [0.05, 0.1) is 13.2 Å². The van der Waals surface area contributed by atoms with Crippen LogP contribution < -0.4 is 5.32 Å². The van der Waals surface area contributed by atoms with Gasteiger partial charge in [0.25, 0.3) is 5.91 Å². The molecule has 33 heavy (non-hydrogen) atoms. The number of carbonyl (C=O) groups is 2. The van der Waals surface area contributed by atoms with E-state index in [0.717, 1.165) is 39.4 Å². The van der Waals surface area contributed by atoms with Crippen molar-refractivity contribution in [3.8, 4) is 0 Å². The molecule has 0 fully saturated rings. The van der Waals surface area contributed by atoms with Crippen LogP contribution >= 0.6 is 11.3 Å². The number of ether oxygens (including phenoxy) is 1. The fourth-order valence-electron chi connectivity index (χ4n) is 3.78. The fraction of sp³-hybridized carbons (Fsp3) is 0.280. The van der Waals surface area contributed by atoms with Crippen molar-refractivity contribution in [2.75, 3.05) is 25.5 Å². The molecule has 0 saturated carbocycles. The molecule has 170 valence electrons. The minimum absolute atomic E-state index is 0.162. The number of aryl methyl sites for hydroxylation is 1. The van der Waals surface area contributed by atoms with Gasteiger partial charge in [0, 0.05) is 48.2 Å². The monoisotopic (exact) mass is 462 g/mol. The van der Waals surface area contributed by atoms with Crippen molar-refractivity contribution in [2.45, 2.75) is 25.8 Å². The molecule has 0 atom stereocenters. The van der Waals surface area contributed by atoms with E-state index in [0.29, 0.717) is 31.7 Å². The highest BCUT2D eigenvalue weighted by Crippen LogP contribution is 2.36. The van der Waals surface area contributed by atoms with Crippen LogP contribution in [0.15, 0.2) is 59.9 Å². The van der Waals surface area contributed by atoms with Crippen LogP contribution in [0, 0.1) is 0 Å². The van der Waals surface area contributed by atoms with E-state index in [4.69, 9.17) is 4.74 Å². The third kappa shape index (κ3) is 5.64. The van der Waals surface area contributed by atoms with Gasteiger partial charge in [-0.2, -0.15) is 0 Å². The third-order valence-electron chi connectivity index (χ3n) is 5.44. The Hall–Kier alpha value is -3.52. The van der Waals surface area contributed by atoms with Gasteiger partial charge in [-0.15, -0.1) is 11.3 Å². The van der Waals surface area contributed by atoms with Crippen molar-refractivity contribution >= 4 is 34.6 Å². The summed E-state index contributed by atoms with van der Waals surface area (Å²) in [6.07, 6.45) is 7.32. The SMILES string of the molecule is CN=Cc1c(NC(=O)c2ccccc2)sc2c1CCN(C(=O)OCCCc1cccnc1)C2. The van der Waals surface area contributed by atoms with E-state index < -0.39 is 0 Å². The van der Waals surface area contributed by atoms with Crippen molar-refractivity contribution < 1.29 is 14.3 Å². The van der Waals surface area contributed by atoms with Gasteiger partial charge in [0.2, 0.25) is 0 Å². The zero-order chi connectivity index (χ0) is 23.0. The van der Waals surface area contributed by atoms with Gasteiger partial charge in [0.1, 0.15) is 5.00 Å². The summed E-state index contributed by atoms with van der Waals surface area (Å²) >= 11 is 1.49. The Morgan fingerprint density at radius 2 is 2.09 bits per heavy atom. The van der Waals surface area contributed by atoms with Gasteiger partial charge in [-0.3, -0.25) is 14.8 Å². The Bertz CT molecular complexity index is 1130. The molecule has 1 aliphatic rings. The molecule has 0 radical (unpaired) electrons. The first kappa shape index (κ1) is 22.7. The second-order valence-corrected chi connectivity index (χ2v) is 8.81. The number of carbonyl (C=O) groups excluding carboxylic acids is 2. The van der Waals surface area contributed by atoms with E-state index in [1.165, 1.54) is 11.3 Å². The first-order valence-electron chi connectivity index (χ1n) is 10.9. The lowest BCUT2D eigenvalue weighted by Crippen LogP contribution is -2.36. The number of thiophene rings is 1. The van der Waals surface area contributed by atoms with Gasteiger partial charge in [0.15, 0.2) is 0 Å². The number of nitrogens with zero attached hydrogens (tertiary/aromatic N) is 3. The highest BCUT2D eigenvalue weighted by molar-refractivity contribution is 7.17. The molecule has 1 aliphatic heterocycles. The molecule has 0 unspecified atom stereocenters. The molecular formula is C25H26N4O3S. The minimum atomic E-state index is -0.305. The Kier molecular flexibility index (Phi) is 7.47. The number of nitrogens with one attached hydrogen (secondary N) is 1. The average Bonchev–Trinajstić information content (AvgIpc) is 3.19. The predicted octanol–water partition coefficient (Wildman–Crippen LogP) is 4.57. The van der Waals surface area contributed by atoms with Crippen LogP contribution in [-0.4, -0.2) is 48.3 Å². The van der Waals surface area contributed by atoms with E-state index in [1.54, 1.807) is 36.5 Å². The van der Waals surface area contributed by atoms with Crippen LogP contribution in [0.1, 0.15) is 38.3 Å². The normalized spacial score (nSPS) is 13.1. The number of hydrogen-bond acceptors (Lipinski definition) is 6. The highest BCUT2D eigenvalue weighted by atomic mass is 32.1. The molecule has 0 bridgehead atoms. The van der Waals surface area contributed by atoms with E-state index in [2.05, 4.69) is 15.3 Å². The van der Waals surface area contributed by atoms with Gasteiger partial charge in [-0.25, -0.2) is 4.79 Å². The first-order chi connectivity index (χ1) is 16.2. The summed E-state index contributed by atoms with van der Waals surface area (Å²) in [5.74, 6) is -0.162. The lowest BCUT2D eigenvalue weighted by Gasteiger charge is -2.26. The fourth-order valence-corrected chi connectivity index (χ4v) is 5.01. The Morgan fingerprint density at radius 3 is 2.85 bits per heavy atom. The van der Waals surface area contributed by atoms with Gasteiger partial charge >= 0.3 is 6.09 Å². The van der Waals surface area contributed by atoms with E-state index >= 15 is 0 Å². The van der Waals surface area contributed by atoms with Crippen LogP contribution in [0.4, 0.5) is 9.80 Å². The third-order valence-corrected chi connectivity index (χ3v) is 6.58. The van der Waals surface area contributed by atoms with Crippen LogP contribution in [0.25, 0.3) is 0 Å². The minimum Gasteiger partial charge on any atom is -0.449 e. The number of aromatic nitrogens is 1. The topological polar surface area (TPSA) is 83.9 Å². The van der Waals surface area contributed by atoms with E-state index in [9.17, 15) is 9.59 Å².